The third-order valence-corrected chi connectivity index (χ3v) is 4.94. The van der Waals surface area contributed by atoms with Gasteiger partial charge in [-0.3, -0.25) is 0 Å². The van der Waals surface area contributed by atoms with E-state index in [2.05, 4.69) is 17.4 Å². The number of fused-ring (bicyclic) bond motifs is 1. The molecule has 0 saturated heterocycles. The highest BCUT2D eigenvalue weighted by Gasteiger charge is 2.24. The average Bonchev–Trinajstić information content (AvgIpc) is 3.20. The zero-order valence-electron chi connectivity index (χ0n) is 13.7. The van der Waals surface area contributed by atoms with E-state index in [-0.39, 0.29) is 0 Å². The van der Waals surface area contributed by atoms with E-state index in [0.717, 1.165) is 42.3 Å². The molecule has 0 bridgehead atoms. The van der Waals surface area contributed by atoms with Gasteiger partial charge in [-0.25, -0.2) is 4.68 Å². The summed E-state index contributed by atoms with van der Waals surface area (Å²) < 4.78 is 7.11. The summed E-state index contributed by atoms with van der Waals surface area (Å²) in [6.07, 6.45) is 1.73. The van der Waals surface area contributed by atoms with Crippen molar-refractivity contribution in [2.75, 3.05) is 19.0 Å². The minimum Gasteiger partial charge on any atom is -0.497 e. The van der Waals surface area contributed by atoms with Crippen LogP contribution in [0, 0.1) is 0 Å². The molecule has 128 valence electrons. The van der Waals surface area contributed by atoms with Crippen LogP contribution in [0.3, 0.4) is 0 Å². The van der Waals surface area contributed by atoms with Crippen molar-refractivity contribution in [1.82, 2.24) is 9.78 Å². The molecule has 3 aromatic rings. The summed E-state index contributed by atoms with van der Waals surface area (Å²) in [5.41, 5.74) is 4.35. The van der Waals surface area contributed by atoms with Crippen LogP contribution in [0.2, 0.25) is 10.0 Å². The summed E-state index contributed by atoms with van der Waals surface area (Å²) >= 11 is 12.4. The van der Waals surface area contributed by atoms with Crippen LogP contribution < -0.4 is 10.1 Å². The molecule has 1 aliphatic heterocycles. The lowest BCUT2D eigenvalue weighted by molar-refractivity contribution is 0.414. The largest absolute Gasteiger partial charge is 0.497 e. The maximum absolute atomic E-state index is 6.38. The second kappa shape index (κ2) is 6.62. The first-order valence-electron chi connectivity index (χ1n) is 8.08. The van der Waals surface area contributed by atoms with Gasteiger partial charge in [-0.05, 0) is 42.3 Å². The van der Waals surface area contributed by atoms with Gasteiger partial charge in [-0.1, -0.05) is 35.3 Å². The van der Waals surface area contributed by atoms with Gasteiger partial charge in [-0.15, -0.1) is 0 Å². The third kappa shape index (κ3) is 3.08. The molecule has 1 aliphatic rings. The summed E-state index contributed by atoms with van der Waals surface area (Å²) in [6.45, 7) is 0.911. The number of aromatic nitrogens is 2. The SMILES string of the molecule is COc1ccc(Cc2nn(-c3ccc(Cl)cc3Cl)c3c2CCN3)cc1. The Morgan fingerprint density at radius 3 is 2.68 bits per heavy atom. The Morgan fingerprint density at radius 1 is 1.16 bits per heavy atom. The summed E-state index contributed by atoms with van der Waals surface area (Å²) in [4.78, 5) is 0. The van der Waals surface area contributed by atoms with Crippen LogP contribution in [0.1, 0.15) is 16.8 Å². The lowest BCUT2D eigenvalue weighted by Gasteiger charge is -2.08. The molecule has 2 aromatic carbocycles. The van der Waals surface area contributed by atoms with Crippen LogP contribution in [0.4, 0.5) is 5.82 Å². The van der Waals surface area contributed by atoms with Crippen molar-refractivity contribution in [3.05, 3.63) is 69.3 Å². The van der Waals surface area contributed by atoms with Crippen LogP contribution in [-0.4, -0.2) is 23.4 Å². The van der Waals surface area contributed by atoms with E-state index in [1.165, 1.54) is 11.1 Å². The van der Waals surface area contributed by atoms with E-state index in [4.69, 9.17) is 33.0 Å². The highest BCUT2D eigenvalue weighted by atomic mass is 35.5. The third-order valence-electron chi connectivity index (χ3n) is 4.40. The fourth-order valence-corrected chi connectivity index (χ4v) is 3.64. The zero-order chi connectivity index (χ0) is 17.4. The molecule has 6 heteroatoms. The van der Waals surface area contributed by atoms with Gasteiger partial charge in [0.15, 0.2) is 0 Å². The van der Waals surface area contributed by atoms with Gasteiger partial charge in [0.1, 0.15) is 11.6 Å². The number of nitrogens with one attached hydrogen (secondary N) is 1. The Morgan fingerprint density at radius 2 is 1.96 bits per heavy atom. The van der Waals surface area contributed by atoms with E-state index in [9.17, 15) is 0 Å². The van der Waals surface area contributed by atoms with Crippen LogP contribution >= 0.6 is 23.2 Å². The van der Waals surface area contributed by atoms with Crippen LogP contribution in [0.5, 0.6) is 5.75 Å². The predicted octanol–water partition coefficient (Wildman–Crippen LogP) is 4.75. The highest BCUT2D eigenvalue weighted by molar-refractivity contribution is 6.35. The van der Waals surface area contributed by atoms with E-state index in [1.54, 1.807) is 13.2 Å². The molecular weight excluding hydrogens is 357 g/mol. The predicted molar refractivity (Wildman–Crippen MR) is 102 cm³/mol. The zero-order valence-corrected chi connectivity index (χ0v) is 15.2. The van der Waals surface area contributed by atoms with Crippen molar-refractivity contribution in [3.63, 3.8) is 0 Å². The van der Waals surface area contributed by atoms with Crippen molar-refractivity contribution in [2.24, 2.45) is 0 Å². The molecule has 0 amide bonds. The number of methoxy groups -OCH3 is 1. The number of anilines is 1. The number of hydrogen-bond donors (Lipinski definition) is 1. The van der Waals surface area contributed by atoms with Gasteiger partial charge in [0.05, 0.1) is 23.5 Å². The highest BCUT2D eigenvalue weighted by Crippen LogP contribution is 2.33. The maximum Gasteiger partial charge on any atom is 0.133 e. The topological polar surface area (TPSA) is 39.1 Å². The quantitative estimate of drug-likeness (QED) is 0.717. The van der Waals surface area contributed by atoms with E-state index >= 15 is 0 Å². The molecule has 0 saturated carbocycles. The van der Waals surface area contributed by atoms with Crippen molar-refractivity contribution >= 4 is 29.0 Å². The second-order valence-electron chi connectivity index (χ2n) is 5.98. The van der Waals surface area contributed by atoms with Gasteiger partial charge < -0.3 is 10.1 Å². The fraction of sp³-hybridized carbons (Fsp3) is 0.211. The summed E-state index contributed by atoms with van der Waals surface area (Å²) in [7, 11) is 1.67. The molecule has 1 N–H and O–H groups in total. The van der Waals surface area contributed by atoms with Crippen LogP contribution in [0.25, 0.3) is 5.69 Å². The standard InChI is InChI=1S/C19H17Cl2N3O/c1-25-14-5-2-12(3-6-14)10-17-15-8-9-22-19(15)24(23-17)18-7-4-13(20)11-16(18)21/h2-7,11,22H,8-10H2,1H3. The van der Waals surface area contributed by atoms with E-state index in [1.807, 2.05) is 28.9 Å². The van der Waals surface area contributed by atoms with Gasteiger partial charge >= 0.3 is 0 Å². The Kier molecular flexibility index (Phi) is 4.32. The molecular formula is C19H17Cl2N3O. The fourth-order valence-electron chi connectivity index (χ4n) is 3.15. The summed E-state index contributed by atoms with van der Waals surface area (Å²) in [5, 5.41) is 9.45. The molecule has 2 heterocycles. The lowest BCUT2D eigenvalue weighted by Crippen LogP contribution is -2.05. The number of hydrogen-bond acceptors (Lipinski definition) is 3. The minimum absolute atomic E-state index is 0.586. The van der Waals surface area contributed by atoms with Gasteiger partial charge in [0.25, 0.3) is 0 Å². The monoisotopic (exact) mass is 373 g/mol. The Labute approximate surface area is 156 Å². The van der Waals surface area contributed by atoms with Crippen LogP contribution in [-0.2, 0) is 12.8 Å². The second-order valence-corrected chi connectivity index (χ2v) is 6.83. The number of halogens is 2. The Balaban J connectivity index is 1.72. The van der Waals surface area contributed by atoms with Gasteiger partial charge in [0.2, 0.25) is 0 Å². The first kappa shape index (κ1) is 16.3. The smallest absolute Gasteiger partial charge is 0.133 e. The van der Waals surface area contributed by atoms with E-state index in [0.29, 0.717) is 10.0 Å². The van der Waals surface area contributed by atoms with Crippen LogP contribution in [0.15, 0.2) is 42.5 Å². The molecule has 4 nitrogen and oxygen atoms in total. The van der Waals surface area contributed by atoms with Crippen molar-refractivity contribution in [2.45, 2.75) is 12.8 Å². The molecule has 0 atom stereocenters. The van der Waals surface area contributed by atoms with Crippen molar-refractivity contribution in [1.29, 1.82) is 0 Å². The first-order chi connectivity index (χ1) is 12.2. The summed E-state index contributed by atoms with van der Waals surface area (Å²) in [5.74, 6) is 1.88. The average molecular weight is 374 g/mol. The normalized spacial score (nSPS) is 12.8. The molecule has 0 aliphatic carbocycles. The molecule has 0 fully saturated rings. The number of benzene rings is 2. The molecule has 1 aromatic heterocycles. The first-order valence-corrected chi connectivity index (χ1v) is 8.84. The van der Waals surface area contributed by atoms with Crippen molar-refractivity contribution < 1.29 is 4.74 Å². The van der Waals surface area contributed by atoms with Crippen molar-refractivity contribution in [3.8, 4) is 11.4 Å². The van der Waals surface area contributed by atoms with Gasteiger partial charge in [0, 0.05) is 23.6 Å². The van der Waals surface area contributed by atoms with Gasteiger partial charge in [-0.2, -0.15) is 5.10 Å². The molecule has 0 radical (unpaired) electrons. The lowest BCUT2D eigenvalue weighted by atomic mass is 10.1. The number of nitrogens with zero attached hydrogens (tertiary/aromatic N) is 2. The molecule has 4 rings (SSSR count). The van der Waals surface area contributed by atoms with E-state index < -0.39 is 0 Å². The Hall–Kier alpha value is -2.17. The Bertz CT molecular complexity index is 919. The molecule has 0 unspecified atom stereocenters. The minimum atomic E-state index is 0.586. The maximum atomic E-state index is 6.38. The summed E-state index contributed by atoms with van der Waals surface area (Å²) in [6, 6.07) is 13.6. The molecule has 25 heavy (non-hydrogen) atoms. The number of ether oxygens (including phenoxy) is 1. The molecule has 0 spiro atoms. The number of rotatable bonds is 4.